The van der Waals surface area contributed by atoms with Gasteiger partial charge in [0.1, 0.15) is 0 Å². The van der Waals surface area contributed by atoms with Crippen molar-refractivity contribution in [2.24, 2.45) is 12.0 Å². The molecule has 2 aliphatic heterocycles. The van der Waals surface area contributed by atoms with Crippen LogP contribution in [0.5, 0.6) is 0 Å². The molecular weight excluding hydrogens is 316 g/mol. The second-order valence-corrected chi connectivity index (χ2v) is 6.90. The maximum atomic E-state index is 5.48. The fraction of sp³-hybridized carbons (Fsp3) is 0.778. The molecule has 0 amide bonds. The molecule has 3 heterocycles. The monoisotopic (exact) mass is 348 g/mol. The summed E-state index contributed by atoms with van der Waals surface area (Å²) < 4.78 is 7.34. The first-order valence-electron chi connectivity index (χ1n) is 9.59. The number of ether oxygens (including phenoxy) is 1. The number of aromatic nitrogens is 2. The maximum absolute atomic E-state index is 5.48. The Labute approximate surface area is 151 Å². The number of rotatable bonds is 6. The number of guanidine groups is 1. The molecule has 1 aromatic heterocycles. The van der Waals surface area contributed by atoms with Gasteiger partial charge in [-0.1, -0.05) is 0 Å². The van der Waals surface area contributed by atoms with E-state index >= 15 is 0 Å². The molecule has 2 saturated heterocycles. The molecule has 25 heavy (non-hydrogen) atoms. The number of aryl methyl sites for hydroxylation is 2. The highest BCUT2D eigenvalue weighted by molar-refractivity contribution is 5.80. The molecule has 0 bridgehead atoms. The molecule has 140 valence electrons. The molecule has 7 nitrogen and oxygen atoms in total. The van der Waals surface area contributed by atoms with Gasteiger partial charge < -0.3 is 15.0 Å². The molecule has 0 saturated carbocycles. The van der Waals surface area contributed by atoms with Crippen LogP contribution in [0.3, 0.4) is 0 Å². The quantitative estimate of drug-likeness (QED) is 0.466. The minimum atomic E-state index is 0.642. The van der Waals surface area contributed by atoms with Gasteiger partial charge in [0, 0.05) is 58.6 Å². The van der Waals surface area contributed by atoms with Gasteiger partial charge in [0.05, 0.1) is 19.4 Å². The molecular formula is C18H32N6O. The van der Waals surface area contributed by atoms with E-state index in [2.05, 4.69) is 33.3 Å². The first-order chi connectivity index (χ1) is 12.3. The highest BCUT2D eigenvalue weighted by Crippen LogP contribution is 2.17. The normalized spacial score (nSPS) is 22.6. The summed E-state index contributed by atoms with van der Waals surface area (Å²) in [5, 5.41) is 7.69. The zero-order valence-electron chi connectivity index (χ0n) is 15.7. The second-order valence-electron chi connectivity index (χ2n) is 6.90. The third-order valence-corrected chi connectivity index (χ3v) is 5.00. The smallest absolute Gasteiger partial charge is 0.193 e. The predicted octanol–water partition coefficient (Wildman–Crippen LogP) is 0.725. The first kappa shape index (κ1) is 18.2. The summed E-state index contributed by atoms with van der Waals surface area (Å²) in [5.41, 5.74) is 1.29. The van der Waals surface area contributed by atoms with Crippen LogP contribution in [0.2, 0.25) is 0 Å². The molecule has 7 heteroatoms. The van der Waals surface area contributed by atoms with E-state index in [1.54, 1.807) is 0 Å². The Morgan fingerprint density at radius 2 is 2.20 bits per heavy atom. The van der Waals surface area contributed by atoms with Crippen LogP contribution in [0.1, 0.15) is 25.3 Å². The maximum Gasteiger partial charge on any atom is 0.193 e. The lowest BCUT2D eigenvalue weighted by atomic mass is 10.2. The largest absolute Gasteiger partial charge is 0.379 e. The molecule has 0 spiro atoms. The van der Waals surface area contributed by atoms with E-state index in [4.69, 9.17) is 9.73 Å². The van der Waals surface area contributed by atoms with Crippen LogP contribution in [-0.4, -0.2) is 84.1 Å². The van der Waals surface area contributed by atoms with E-state index in [0.29, 0.717) is 6.04 Å². The highest BCUT2D eigenvalue weighted by atomic mass is 16.5. The fourth-order valence-electron chi connectivity index (χ4n) is 3.67. The molecule has 1 unspecified atom stereocenters. The number of likely N-dealkylation sites (tertiary alicyclic amines) is 1. The minimum absolute atomic E-state index is 0.642. The van der Waals surface area contributed by atoms with Crippen LogP contribution in [0.4, 0.5) is 0 Å². The van der Waals surface area contributed by atoms with Crippen molar-refractivity contribution < 1.29 is 4.74 Å². The average molecular weight is 348 g/mol. The third-order valence-electron chi connectivity index (χ3n) is 5.00. The zero-order valence-corrected chi connectivity index (χ0v) is 15.7. The summed E-state index contributed by atoms with van der Waals surface area (Å²) in [5.74, 6) is 1.07. The number of morpholine rings is 1. The van der Waals surface area contributed by atoms with Crippen LogP contribution in [-0.2, 0) is 18.2 Å². The lowest BCUT2D eigenvalue weighted by molar-refractivity contribution is 0.0195. The molecule has 0 aromatic carbocycles. The van der Waals surface area contributed by atoms with Crippen molar-refractivity contribution in [2.75, 3.05) is 52.5 Å². The summed E-state index contributed by atoms with van der Waals surface area (Å²) in [6.45, 7) is 9.97. The van der Waals surface area contributed by atoms with Crippen molar-refractivity contribution in [3.63, 3.8) is 0 Å². The van der Waals surface area contributed by atoms with Gasteiger partial charge in [0.2, 0.25) is 0 Å². The summed E-state index contributed by atoms with van der Waals surface area (Å²) in [6.07, 6.45) is 7.35. The molecule has 1 aromatic rings. The van der Waals surface area contributed by atoms with Gasteiger partial charge in [-0.2, -0.15) is 5.10 Å². The van der Waals surface area contributed by atoms with Crippen molar-refractivity contribution in [3.8, 4) is 0 Å². The Hall–Kier alpha value is -1.60. The number of aliphatic imine (C=N–C) groups is 1. The van der Waals surface area contributed by atoms with Crippen LogP contribution in [0.15, 0.2) is 17.4 Å². The van der Waals surface area contributed by atoms with E-state index in [-0.39, 0.29) is 0 Å². The van der Waals surface area contributed by atoms with Gasteiger partial charge in [-0.05, 0) is 31.7 Å². The molecule has 3 rings (SSSR count). The van der Waals surface area contributed by atoms with Crippen molar-refractivity contribution in [2.45, 2.75) is 32.2 Å². The van der Waals surface area contributed by atoms with Crippen molar-refractivity contribution >= 4 is 5.96 Å². The lowest BCUT2D eigenvalue weighted by Crippen LogP contribution is -2.46. The van der Waals surface area contributed by atoms with Crippen LogP contribution < -0.4 is 5.32 Å². The standard InChI is InChI=1S/C18H32N6O/c1-3-19-18(20-7-4-5-16-13-21-22(2)14-16)24-8-6-17(15-24)23-9-11-25-12-10-23/h13-14,17H,3-12,15H2,1-2H3,(H,19,20). The summed E-state index contributed by atoms with van der Waals surface area (Å²) in [7, 11) is 1.96. The molecule has 1 N–H and O–H groups in total. The highest BCUT2D eigenvalue weighted by Gasteiger charge is 2.30. The third kappa shape index (κ3) is 5.19. The van der Waals surface area contributed by atoms with Gasteiger partial charge in [0.15, 0.2) is 5.96 Å². The number of hydrogen-bond acceptors (Lipinski definition) is 4. The Morgan fingerprint density at radius 3 is 2.92 bits per heavy atom. The minimum Gasteiger partial charge on any atom is -0.379 e. The van der Waals surface area contributed by atoms with Crippen molar-refractivity contribution in [1.29, 1.82) is 0 Å². The Kier molecular flexibility index (Phi) is 6.69. The number of nitrogens with zero attached hydrogens (tertiary/aromatic N) is 5. The summed E-state index contributed by atoms with van der Waals surface area (Å²) in [6, 6.07) is 0.642. The second kappa shape index (κ2) is 9.20. The van der Waals surface area contributed by atoms with Gasteiger partial charge >= 0.3 is 0 Å². The SMILES string of the molecule is CCNC(=NCCCc1cnn(C)c1)N1CCC(N2CCOCC2)C1. The van der Waals surface area contributed by atoms with Crippen LogP contribution in [0, 0.1) is 0 Å². The Morgan fingerprint density at radius 1 is 1.36 bits per heavy atom. The van der Waals surface area contributed by atoms with E-state index < -0.39 is 0 Å². The average Bonchev–Trinajstić information content (AvgIpc) is 3.28. The number of hydrogen-bond donors (Lipinski definition) is 1. The van der Waals surface area contributed by atoms with Crippen molar-refractivity contribution in [3.05, 3.63) is 18.0 Å². The van der Waals surface area contributed by atoms with E-state index in [1.165, 1.54) is 12.0 Å². The molecule has 2 aliphatic rings. The van der Waals surface area contributed by atoms with Crippen LogP contribution in [0.25, 0.3) is 0 Å². The predicted molar refractivity (Wildman–Crippen MR) is 99.9 cm³/mol. The van der Waals surface area contributed by atoms with E-state index in [0.717, 1.165) is 71.3 Å². The molecule has 2 fully saturated rings. The van der Waals surface area contributed by atoms with E-state index in [9.17, 15) is 0 Å². The molecule has 1 atom stereocenters. The lowest BCUT2D eigenvalue weighted by Gasteiger charge is -2.32. The van der Waals surface area contributed by atoms with Gasteiger partial charge in [-0.3, -0.25) is 14.6 Å². The summed E-state index contributed by atoms with van der Waals surface area (Å²) >= 11 is 0. The van der Waals surface area contributed by atoms with Gasteiger partial charge in [-0.15, -0.1) is 0 Å². The topological polar surface area (TPSA) is 57.9 Å². The Balaban J connectivity index is 1.48. The van der Waals surface area contributed by atoms with Crippen LogP contribution >= 0.6 is 0 Å². The number of nitrogens with one attached hydrogen (secondary N) is 1. The summed E-state index contributed by atoms with van der Waals surface area (Å²) in [4.78, 5) is 9.86. The molecule has 0 radical (unpaired) electrons. The fourth-order valence-corrected chi connectivity index (χ4v) is 3.67. The zero-order chi connectivity index (χ0) is 17.5. The van der Waals surface area contributed by atoms with Crippen molar-refractivity contribution in [1.82, 2.24) is 24.9 Å². The van der Waals surface area contributed by atoms with Gasteiger partial charge in [-0.25, -0.2) is 0 Å². The van der Waals surface area contributed by atoms with E-state index in [1.807, 2.05) is 17.9 Å². The Bertz CT molecular complexity index is 552. The first-order valence-corrected chi connectivity index (χ1v) is 9.59. The molecule has 0 aliphatic carbocycles. The van der Waals surface area contributed by atoms with Gasteiger partial charge in [0.25, 0.3) is 0 Å².